The van der Waals surface area contributed by atoms with Crippen LogP contribution in [0.2, 0.25) is 0 Å². The Morgan fingerprint density at radius 3 is 2.43 bits per heavy atom. The van der Waals surface area contributed by atoms with E-state index in [0.29, 0.717) is 11.3 Å². The molecule has 0 saturated heterocycles. The highest BCUT2D eigenvalue weighted by Crippen LogP contribution is 2.24. The molecule has 158 valence electrons. The summed E-state index contributed by atoms with van der Waals surface area (Å²) < 4.78 is 24.6. The van der Waals surface area contributed by atoms with Crippen LogP contribution in [0.4, 0.5) is 4.39 Å². The third-order valence-electron chi connectivity index (χ3n) is 4.40. The molecule has 8 heteroatoms. The van der Waals surface area contributed by atoms with Crippen molar-refractivity contribution in [2.75, 3.05) is 13.2 Å². The van der Waals surface area contributed by atoms with Crippen LogP contribution in [0.15, 0.2) is 57.7 Å². The molecule has 0 saturated carbocycles. The van der Waals surface area contributed by atoms with Gasteiger partial charge in [-0.25, -0.2) is 9.18 Å². The van der Waals surface area contributed by atoms with Crippen LogP contribution in [0.5, 0.6) is 5.75 Å². The maximum atomic E-state index is 13.0. The Bertz CT molecular complexity index is 1050. The van der Waals surface area contributed by atoms with Crippen LogP contribution < -0.4 is 15.8 Å². The molecule has 2 aromatic carbocycles. The Kier molecular flexibility index (Phi) is 6.34. The number of nitrogens with one attached hydrogen (secondary N) is 1. The standard InChI is InChI=1S/C22H24FN3O4/c1-22(2,3)16-6-10-18(11-7-16)29-13-12-24-19(27)14-26-21(28)30-20(25-26)15-4-8-17(23)9-5-15/h4-11H,12-14H2,1-3H3,(H,24,27). The van der Waals surface area contributed by atoms with Crippen LogP contribution in [-0.2, 0) is 16.8 Å². The molecule has 0 fully saturated rings. The fraction of sp³-hybridized carbons (Fsp3) is 0.318. The van der Waals surface area contributed by atoms with Crippen molar-refractivity contribution < 1.29 is 18.3 Å². The number of rotatable bonds is 7. The highest BCUT2D eigenvalue weighted by molar-refractivity contribution is 5.75. The van der Waals surface area contributed by atoms with E-state index in [1.54, 1.807) is 0 Å². The number of hydrogen-bond donors (Lipinski definition) is 1. The SMILES string of the molecule is CC(C)(C)c1ccc(OCCNC(=O)Cn2nc(-c3ccc(F)cc3)oc2=O)cc1. The molecule has 7 nitrogen and oxygen atoms in total. The largest absolute Gasteiger partial charge is 0.492 e. The summed E-state index contributed by atoms with van der Waals surface area (Å²) in [5.74, 6) is -0.835. The van der Waals surface area contributed by atoms with Gasteiger partial charge in [0, 0.05) is 5.56 Å². The summed E-state index contributed by atoms with van der Waals surface area (Å²) in [4.78, 5) is 23.9. The van der Waals surface area contributed by atoms with Crippen molar-refractivity contribution in [1.29, 1.82) is 0 Å². The highest BCUT2D eigenvalue weighted by atomic mass is 19.1. The van der Waals surface area contributed by atoms with Gasteiger partial charge in [0.1, 0.15) is 24.7 Å². The number of hydrogen-bond acceptors (Lipinski definition) is 5. The second-order valence-corrected chi connectivity index (χ2v) is 7.81. The quantitative estimate of drug-likeness (QED) is 0.602. The van der Waals surface area contributed by atoms with E-state index in [-0.39, 0.29) is 31.0 Å². The lowest BCUT2D eigenvalue weighted by molar-refractivity contribution is -0.122. The van der Waals surface area contributed by atoms with Crippen molar-refractivity contribution >= 4 is 5.91 Å². The number of amides is 1. The van der Waals surface area contributed by atoms with Crippen LogP contribution >= 0.6 is 0 Å². The molecule has 1 heterocycles. The lowest BCUT2D eigenvalue weighted by Gasteiger charge is -2.19. The Hall–Kier alpha value is -3.42. The zero-order valence-electron chi connectivity index (χ0n) is 17.1. The molecule has 0 aliphatic rings. The predicted molar refractivity (Wildman–Crippen MR) is 110 cm³/mol. The average molecular weight is 413 g/mol. The molecule has 0 atom stereocenters. The van der Waals surface area contributed by atoms with Crippen molar-refractivity contribution in [1.82, 2.24) is 15.1 Å². The highest BCUT2D eigenvalue weighted by Gasteiger charge is 2.14. The number of benzene rings is 2. The van der Waals surface area contributed by atoms with E-state index in [1.165, 1.54) is 29.8 Å². The predicted octanol–water partition coefficient (Wildman–Crippen LogP) is 3.14. The van der Waals surface area contributed by atoms with Gasteiger partial charge >= 0.3 is 5.76 Å². The van der Waals surface area contributed by atoms with E-state index in [4.69, 9.17) is 9.15 Å². The summed E-state index contributed by atoms with van der Waals surface area (Å²) in [6, 6.07) is 13.2. The Balaban J connectivity index is 1.47. The summed E-state index contributed by atoms with van der Waals surface area (Å²) in [5, 5.41) is 6.64. The van der Waals surface area contributed by atoms with Crippen LogP contribution in [0.1, 0.15) is 26.3 Å². The van der Waals surface area contributed by atoms with Gasteiger partial charge in [0.25, 0.3) is 0 Å². The first kappa shape index (κ1) is 21.3. The molecular formula is C22H24FN3O4. The zero-order chi connectivity index (χ0) is 21.7. The normalized spacial score (nSPS) is 11.3. The van der Waals surface area contributed by atoms with E-state index in [0.717, 1.165) is 4.68 Å². The van der Waals surface area contributed by atoms with Gasteiger partial charge in [0.2, 0.25) is 11.8 Å². The Labute approximate surface area is 173 Å². The molecule has 3 rings (SSSR count). The lowest BCUT2D eigenvalue weighted by atomic mass is 9.87. The van der Waals surface area contributed by atoms with Crippen molar-refractivity contribution in [2.24, 2.45) is 0 Å². The van der Waals surface area contributed by atoms with Crippen molar-refractivity contribution in [3.8, 4) is 17.2 Å². The summed E-state index contributed by atoms with van der Waals surface area (Å²) in [6.07, 6.45) is 0. The number of nitrogens with zero attached hydrogens (tertiary/aromatic N) is 2. The molecule has 1 aromatic heterocycles. The Morgan fingerprint density at radius 1 is 1.13 bits per heavy atom. The van der Waals surface area contributed by atoms with Gasteiger partial charge in [-0.3, -0.25) is 4.79 Å². The minimum absolute atomic E-state index is 0.0230. The first-order chi connectivity index (χ1) is 14.2. The smallest absolute Gasteiger partial charge is 0.437 e. The minimum atomic E-state index is -0.764. The topological polar surface area (TPSA) is 86.4 Å². The fourth-order valence-corrected chi connectivity index (χ4v) is 2.72. The van der Waals surface area contributed by atoms with Gasteiger partial charge in [0.15, 0.2) is 0 Å². The van der Waals surface area contributed by atoms with Gasteiger partial charge in [0.05, 0.1) is 6.54 Å². The van der Waals surface area contributed by atoms with Crippen molar-refractivity contribution in [3.05, 3.63) is 70.5 Å². The average Bonchev–Trinajstić information content (AvgIpc) is 3.06. The zero-order valence-corrected chi connectivity index (χ0v) is 17.1. The molecule has 0 spiro atoms. The van der Waals surface area contributed by atoms with Gasteiger partial charge in [-0.05, 0) is 47.4 Å². The van der Waals surface area contributed by atoms with E-state index in [1.807, 2.05) is 24.3 Å². The second kappa shape index (κ2) is 8.94. The first-order valence-corrected chi connectivity index (χ1v) is 9.56. The maximum Gasteiger partial charge on any atom is 0.437 e. The summed E-state index contributed by atoms with van der Waals surface area (Å²) in [5.41, 5.74) is 1.72. The third-order valence-corrected chi connectivity index (χ3v) is 4.40. The monoisotopic (exact) mass is 413 g/mol. The van der Waals surface area contributed by atoms with E-state index in [2.05, 4.69) is 31.2 Å². The van der Waals surface area contributed by atoms with Gasteiger partial charge in [-0.1, -0.05) is 32.9 Å². The van der Waals surface area contributed by atoms with E-state index in [9.17, 15) is 14.0 Å². The maximum absolute atomic E-state index is 13.0. The van der Waals surface area contributed by atoms with E-state index < -0.39 is 17.5 Å². The summed E-state index contributed by atoms with van der Waals surface area (Å²) in [7, 11) is 0. The molecule has 0 unspecified atom stereocenters. The number of ether oxygens (including phenoxy) is 1. The number of aromatic nitrogens is 2. The van der Waals surface area contributed by atoms with E-state index >= 15 is 0 Å². The molecular weight excluding hydrogens is 389 g/mol. The molecule has 0 bridgehead atoms. The number of halogens is 1. The van der Waals surface area contributed by atoms with Crippen molar-refractivity contribution in [2.45, 2.75) is 32.7 Å². The number of carbonyl (C=O) groups is 1. The van der Waals surface area contributed by atoms with Gasteiger partial charge in [-0.15, -0.1) is 5.10 Å². The van der Waals surface area contributed by atoms with Gasteiger partial charge < -0.3 is 14.5 Å². The molecule has 0 radical (unpaired) electrons. The second-order valence-electron chi connectivity index (χ2n) is 7.81. The lowest BCUT2D eigenvalue weighted by Crippen LogP contribution is -2.33. The molecule has 1 amide bonds. The third kappa shape index (κ3) is 5.56. The number of carbonyl (C=O) groups excluding carboxylic acids is 1. The first-order valence-electron chi connectivity index (χ1n) is 9.56. The fourth-order valence-electron chi connectivity index (χ4n) is 2.72. The summed E-state index contributed by atoms with van der Waals surface area (Å²) in [6.45, 7) is 6.69. The molecule has 0 aliphatic carbocycles. The molecule has 3 aromatic rings. The van der Waals surface area contributed by atoms with Crippen LogP contribution in [-0.4, -0.2) is 28.8 Å². The van der Waals surface area contributed by atoms with Crippen molar-refractivity contribution in [3.63, 3.8) is 0 Å². The van der Waals surface area contributed by atoms with Crippen LogP contribution in [0, 0.1) is 5.82 Å². The Morgan fingerprint density at radius 2 is 1.80 bits per heavy atom. The molecule has 1 N–H and O–H groups in total. The van der Waals surface area contributed by atoms with Crippen LogP contribution in [0.25, 0.3) is 11.5 Å². The van der Waals surface area contributed by atoms with Crippen LogP contribution in [0.3, 0.4) is 0 Å². The molecule has 30 heavy (non-hydrogen) atoms. The summed E-state index contributed by atoms with van der Waals surface area (Å²) >= 11 is 0. The van der Waals surface area contributed by atoms with Gasteiger partial charge in [-0.2, -0.15) is 4.68 Å². The molecule has 0 aliphatic heterocycles. The minimum Gasteiger partial charge on any atom is -0.492 e.